The van der Waals surface area contributed by atoms with Gasteiger partial charge in [0.1, 0.15) is 0 Å². The Morgan fingerprint density at radius 3 is 2.22 bits per heavy atom. The lowest BCUT2D eigenvalue weighted by Gasteiger charge is -2.32. The average molecular weight is 247 g/mol. The molecule has 1 aliphatic heterocycles. The summed E-state index contributed by atoms with van der Waals surface area (Å²) in [6.07, 6.45) is 4.05. The number of rotatable bonds is 2. The summed E-state index contributed by atoms with van der Waals surface area (Å²) < 4.78 is 11.9. The fraction of sp³-hybridized carbons (Fsp3) is 0.538. The van der Waals surface area contributed by atoms with E-state index in [0.717, 1.165) is 17.3 Å². The van der Waals surface area contributed by atoms with Gasteiger partial charge in [-0.1, -0.05) is 0 Å². The molecule has 1 saturated heterocycles. The third-order valence-corrected chi connectivity index (χ3v) is 3.83. The van der Waals surface area contributed by atoms with E-state index in [1.165, 1.54) is 0 Å². The smallest absolute Gasteiger partial charge is 0.399 e. The molecule has 0 radical (unpaired) electrons. The summed E-state index contributed by atoms with van der Waals surface area (Å²) in [5, 5.41) is 0. The van der Waals surface area contributed by atoms with Crippen molar-refractivity contribution in [1.29, 1.82) is 0 Å². The minimum Gasteiger partial charge on any atom is -0.399 e. The van der Waals surface area contributed by atoms with Crippen molar-refractivity contribution >= 4 is 18.9 Å². The van der Waals surface area contributed by atoms with Crippen LogP contribution in [0.25, 0.3) is 0 Å². The fourth-order valence-electron chi connectivity index (χ4n) is 1.97. The lowest BCUT2D eigenvalue weighted by Crippen LogP contribution is -2.41. The number of pyridine rings is 1. The Balaban J connectivity index is 2.44. The van der Waals surface area contributed by atoms with Crippen LogP contribution >= 0.6 is 0 Å². The van der Waals surface area contributed by atoms with Crippen molar-refractivity contribution < 1.29 is 14.1 Å². The number of aromatic nitrogens is 1. The normalized spacial score (nSPS) is 21.1. The van der Waals surface area contributed by atoms with Gasteiger partial charge in [0.15, 0.2) is 6.29 Å². The molecule has 1 aromatic heterocycles. The minimum atomic E-state index is -0.516. The van der Waals surface area contributed by atoms with E-state index in [1.54, 1.807) is 12.4 Å². The van der Waals surface area contributed by atoms with Crippen LogP contribution in [-0.2, 0) is 9.31 Å². The van der Waals surface area contributed by atoms with Gasteiger partial charge >= 0.3 is 7.12 Å². The second-order valence-corrected chi connectivity index (χ2v) is 5.67. The Bertz CT molecular complexity index is 469. The van der Waals surface area contributed by atoms with Gasteiger partial charge < -0.3 is 9.31 Å². The van der Waals surface area contributed by atoms with Gasteiger partial charge in [-0.2, -0.15) is 0 Å². The van der Waals surface area contributed by atoms with Gasteiger partial charge in [0.25, 0.3) is 0 Å². The third kappa shape index (κ3) is 1.97. The first kappa shape index (κ1) is 13.2. The molecule has 18 heavy (non-hydrogen) atoms. The highest BCUT2D eigenvalue weighted by atomic mass is 16.7. The first-order valence-electron chi connectivity index (χ1n) is 6.04. The highest BCUT2D eigenvalue weighted by Gasteiger charge is 2.52. The molecule has 0 amide bonds. The summed E-state index contributed by atoms with van der Waals surface area (Å²) in [5.41, 5.74) is 1.38. The van der Waals surface area contributed by atoms with Gasteiger partial charge in [-0.25, -0.2) is 0 Å². The van der Waals surface area contributed by atoms with Crippen LogP contribution in [0.4, 0.5) is 0 Å². The van der Waals surface area contributed by atoms with E-state index in [2.05, 4.69) is 4.98 Å². The van der Waals surface area contributed by atoms with Crippen LogP contribution in [0.2, 0.25) is 0 Å². The monoisotopic (exact) mass is 247 g/mol. The maximum absolute atomic E-state index is 11.1. The maximum Gasteiger partial charge on any atom is 0.495 e. The van der Waals surface area contributed by atoms with E-state index in [4.69, 9.17) is 9.31 Å². The number of carbonyl (C=O) groups is 1. The number of aldehydes is 1. The number of nitrogens with zero attached hydrogens (tertiary/aromatic N) is 1. The van der Waals surface area contributed by atoms with Crippen molar-refractivity contribution in [1.82, 2.24) is 4.98 Å². The van der Waals surface area contributed by atoms with Crippen molar-refractivity contribution in [3.8, 4) is 0 Å². The second kappa shape index (κ2) is 4.18. The zero-order chi connectivity index (χ0) is 13.6. The Hall–Kier alpha value is -1.20. The van der Waals surface area contributed by atoms with Crippen LogP contribution in [0, 0.1) is 6.92 Å². The van der Waals surface area contributed by atoms with Crippen LogP contribution in [0.1, 0.15) is 43.6 Å². The SMILES string of the molecule is Cc1cncc(C=O)c1B1OC(C)(C)C(C)(C)O1. The van der Waals surface area contributed by atoms with Crippen molar-refractivity contribution in [2.45, 2.75) is 45.8 Å². The Labute approximate surface area is 108 Å². The summed E-state index contributed by atoms with van der Waals surface area (Å²) in [5.74, 6) is 0. The Morgan fingerprint density at radius 2 is 1.72 bits per heavy atom. The third-order valence-electron chi connectivity index (χ3n) is 3.83. The molecule has 0 spiro atoms. The molecule has 1 aromatic rings. The zero-order valence-corrected chi connectivity index (χ0v) is 11.5. The zero-order valence-electron chi connectivity index (χ0n) is 11.5. The summed E-state index contributed by atoms with van der Waals surface area (Å²) in [6.45, 7) is 9.86. The lowest BCUT2D eigenvalue weighted by atomic mass is 9.74. The highest BCUT2D eigenvalue weighted by molar-refractivity contribution is 6.64. The quantitative estimate of drug-likeness (QED) is 0.587. The van der Waals surface area contributed by atoms with Crippen LogP contribution in [0.3, 0.4) is 0 Å². The van der Waals surface area contributed by atoms with Crippen molar-refractivity contribution in [2.75, 3.05) is 0 Å². The molecule has 0 N–H and O–H groups in total. The first-order valence-corrected chi connectivity index (χ1v) is 6.04. The van der Waals surface area contributed by atoms with E-state index in [1.807, 2.05) is 34.6 Å². The van der Waals surface area contributed by atoms with Gasteiger partial charge in [-0.05, 0) is 45.6 Å². The predicted molar refractivity (Wildman–Crippen MR) is 70.1 cm³/mol. The molecule has 5 heteroatoms. The largest absolute Gasteiger partial charge is 0.495 e. The molecular formula is C13H18BNO3. The second-order valence-electron chi connectivity index (χ2n) is 5.67. The lowest BCUT2D eigenvalue weighted by molar-refractivity contribution is 0.00578. The average Bonchev–Trinajstić information content (AvgIpc) is 2.47. The Kier molecular flexibility index (Phi) is 3.07. The van der Waals surface area contributed by atoms with Crippen molar-refractivity contribution in [3.05, 3.63) is 23.5 Å². The molecule has 1 fully saturated rings. The van der Waals surface area contributed by atoms with E-state index in [0.29, 0.717) is 5.56 Å². The molecule has 0 saturated carbocycles. The summed E-state index contributed by atoms with van der Waals surface area (Å²) in [4.78, 5) is 15.1. The maximum atomic E-state index is 11.1. The van der Waals surface area contributed by atoms with Crippen molar-refractivity contribution in [2.24, 2.45) is 0 Å². The molecule has 0 unspecified atom stereocenters. The van der Waals surface area contributed by atoms with Crippen LogP contribution in [-0.4, -0.2) is 29.6 Å². The van der Waals surface area contributed by atoms with Crippen LogP contribution in [0.5, 0.6) is 0 Å². The van der Waals surface area contributed by atoms with Gasteiger partial charge in [0.2, 0.25) is 0 Å². The van der Waals surface area contributed by atoms with E-state index in [9.17, 15) is 4.79 Å². The molecule has 0 bridgehead atoms. The molecule has 1 aliphatic rings. The molecule has 96 valence electrons. The molecule has 2 heterocycles. The molecule has 4 nitrogen and oxygen atoms in total. The summed E-state index contributed by atoms with van der Waals surface area (Å²) in [7, 11) is -0.516. The number of hydrogen-bond donors (Lipinski definition) is 0. The standard InChI is InChI=1S/C13H18BNO3/c1-9-6-15-7-10(8-16)11(9)14-17-12(2,3)13(4,5)18-14/h6-8H,1-5H3. The number of hydrogen-bond acceptors (Lipinski definition) is 4. The first-order chi connectivity index (χ1) is 8.28. The molecule has 0 aromatic carbocycles. The Morgan fingerprint density at radius 1 is 1.17 bits per heavy atom. The van der Waals surface area contributed by atoms with Crippen LogP contribution < -0.4 is 5.46 Å². The van der Waals surface area contributed by atoms with Gasteiger partial charge in [-0.15, -0.1) is 0 Å². The van der Waals surface area contributed by atoms with Gasteiger partial charge in [-0.3, -0.25) is 9.78 Å². The number of carbonyl (C=O) groups excluding carboxylic acids is 1. The van der Waals surface area contributed by atoms with E-state index < -0.39 is 18.3 Å². The topological polar surface area (TPSA) is 48.4 Å². The summed E-state index contributed by atoms with van der Waals surface area (Å²) in [6, 6.07) is 0. The minimum absolute atomic E-state index is 0.409. The summed E-state index contributed by atoms with van der Waals surface area (Å²) >= 11 is 0. The molecular weight excluding hydrogens is 229 g/mol. The molecule has 2 rings (SSSR count). The highest BCUT2D eigenvalue weighted by Crippen LogP contribution is 2.36. The molecule has 0 atom stereocenters. The van der Waals surface area contributed by atoms with E-state index >= 15 is 0 Å². The van der Waals surface area contributed by atoms with E-state index in [-0.39, 0.29) is 0 Å². The molecule has 0 aliphatic carbocycles. The predicted octanol–water partition coefficient (Wildman–Crippen LogP) is 1.50. The van der Waals surface area contributed by atoms with Crippen LogP contribution in [0.15, 0.2) is 12.4 Å². The van der Waals surface area contributed by atoms with Gasteiger partial charge in [0.05, 0.1) is 11.2 Å². The number of aryl methyl sites for hydroxylation is 1. The van der Waals surface area contributed by atoms with Gasteiger partial charge in [0, 0.05) is 18.0 Å². The van der Waals surface area contributed by atoms with Crippen molar-refractivity contribution in [3.63, 3.8) is 0 Å². The fourth-order valence-corrected chi connectivity index (χ4v) is 1.97.